The first-order valence-corrected chi connectivity index (χ1v) is 6.68. The van der Waals surface area contributed by atoms with Crippen molar-refractivity contribution in [1.82, 2.24) is 5.32 Å². The lowest BCUT2D eigenvalue weighted by atomic mass is 10.2. The predicted octanol–water partition coefficient (Wildman–Crippen LogP) is 3.55. The van der Waals surface area contributed by atoms with Crippen LogP contribution in [0.2, 0.25) is 0 Å². The molecule has 0 aliphatic carbocycles. The van der Waals surface area contributed by atoms with Crippen molar-refractivity contribution in [2.75, 3.05) is 12.3 Å². The first-order valence-electron chi connectivity index (χ1n) is 5.69. The van der Waals surface area contributed by atoms with Crippen molar-refractivity contribution in [2.24, 2.45) is 5.92 Å². The number of hydrogen-bond acceptors (Lipinski definition) is 2. The summed E-state index contributed by atoms with van der Waals surface area (Å²) in [4.78, 5) is 1.01. The maximum Gasteiger partial charge on any atom is 0.124 e. The SMILES string of the molecule is CC(CNC(C)C)CSc1cccc(F)c1. The van der Waals surface area contributed by atoms with E-state index in [0.717, 1.165) is 17.2 Å². The number of thioether (sulfide) groups is 1. The third-order valence-corrected chi connectivity index (χ3v) is 3.53. The average Bonchev–Trinajstić information content (AvgIpc) is 2.23. The highest BCUT2D eigenvalue weighted by atomic mass is 32.2. The second-order valence-electron chi connectivity index (χ2n) is 4.44. The molecule has 0 amide bonds. The van der Waals surface area contributed by atoms with Gasteiger partial charge in [-0.25, -0.2) is 4.39 Å². The van der Waals surface area contributed by atoms with E-state index in [0.29, 0.717) is 12.0 Å². The third-order valence-electron chi connectivity index (χ3n) is 2.21. The molecular weight excluding hydrogens is 221 g/mol. The highest BCUT2D eigenvalue weighted by Crippen LogP contribution is 2.21. The van der Waals surface area contributed by atoms with Crippen LogP contribution in [0.15, 0.2) is 29.2 Å². The fourth-order valence-corrected chi connectivity index (χ4v) is 2.26. The quantitative estimate of drug-likeness (QED) is 0.764. The topological polar surface area (TPSA) is 12.0 Å². The van der Waals surface area contributed by atoms with Crippen LogP contribution in [0.4, 0.5) is 4.39 Å². The molecule has 0 fully saturated rings. The van der Waals surface area contributed by atoms with Gasteiger partial charge in [-0.2, -0.15) is 0 Å². The van der Waals surface area contributed by atoms with Crippen molar-refractivity contribution in [2.45, 2.75) is 31.7 Å². The van der Waals surface area contributed by atoms with Gasteiger partial charge in [0.25, 0.3) is 0 Å². The molecule has 16 heavy (non-hydrogen) atoms. The molecule has 1 unspecified atom stereocenters. The van der Waals surface area contributed by atoms with Gasteiger partial charge in [0.15, 0.2) is 0 Å². The third kappa shape index (κ3) is 5.52. The van der Waals surface area contributed by atoms with Gasteiger partial charge in [0, 0.05) is 16.7 Å². The van der Waals surface area contributed by atoms with Gasteiger partial charge in [0.2, 0.25) is 0 Å². The first-order chi connectivity index (χ1) is 7.58. The summed E-state index contributed by atoms with van der Waals surface area (Å²) in [5, 5.41) is 3.41. The number of rotatable bonds is 6. The number of benzene rings is 1. The Morgan fingerprint density at radius 2 is 2.06 bits per heavy atom. The van der Waals surface area contributed by atoms with E-state index in [9.17, 15) is 4.39 Å². The Morgan fingerprint density at radius 1 is 1.31 bits per heavy atom. The number of hydrogen-bond donors (Lipinski definition) is 1. The molecule has 0 aliphatic heterocycles. The molecule has 1 aromatic carbocycles. The van der Waals surface area contributed by atoms with Crippen LogP contribution in [0, 0.1) is 11.7 Å². The van der Waals surface area contributed by atoms with Crippen molar-refractivity contribution in [3.8, 4) is 0 Å². The Balaban J connectivity index is 2.28. The van der Waals surface area contributed by atoms with E-state index in [1.54, 1.807) is 23.9 Å². The first kappa shape index (κ1) is 13.5. The summed E-state index contributed by atoms with van der Waals surface area (Å²) >= 11 is 1.71. The smallest absolute Gasteiger partial charge is 0.124 e. The molecule has 1 atom stereocenters. The lowest BCUT2D eigenvalue weighted by molar-refractivity contribution is 0.510. The lowest BCUT2D eigenvalue weighted by Gasteiger charge is -2.14. The van der Waals surface area contributed by atoms with E-state index in [2.05, 4.69) is 26.1 Å². The van der Waals surface area contributed by atoms with Gasteiger partial charge in [-0.05, 0) is 30.7 Å². The van der Waals surface area contributed by atoms with Crippen molar-refractivity contribution >= 4 is 11.8 Å². The molecule has 1 nitrogen and oxygen atoms in total. The molecule has 0 saturated carbocycles. The van der Waals surface area contributed by atoms with Gasteiger partial charge in [-0.1, -0.05) is 26.8 Å². The van der Waals surface area contributed by atoms with E-state index >= 15 is 0 Å². The minimum absolute atomic E-state index is 0.155. The lowest BCUT2D eigenvalue weighted by Crippen LogP contribution is -2.28. The van der Waals surface area contributed by atoms with Crippen LogP contribution in [-0.4, -0.2) is 18.3 Å². The molecule has 0 saturated heterocycles. The summed E-state index contributed by atoms with van der Waals surface area (Å²) in [5.74, 6) is 1.46. The van der Waals surface area contributed by atoms with Crippen LogP contribution < -0.4 is 5.32 Å². The van der Waals surface area contributed by atoms with E-state index in [4.69, 9.17) is 0 Å². The Hall–Kier alpha value is -0.540. The fourth-order valence-electron chi connectivity index (χ4n) is 1.29. The van der Waals surface area contributed by atoms with Gasteiger partial charge in [0.05, 0.1) is 0 Å². The summed E-state index contributed by atoms with van der Waals surface area (Å²) in [6.07, 6.45) is 0. The van der Waals surface area contributed by atoms with Crippen molar-refractivity contribution in [1.29, 1.82) is 0 Å². The van der Waals surface area contributed by atoms with E-state index in [1.807, 2.05) is 6.07 Å². The number of halogens is 1. The molecule has 0 spiro atoms. The molecule has 3 heteroatoms. The van der Waals surface area contributed by atoms with Gasteiger partial charge in [-0.3, -0.25) is 0 Å². The second-order valence-corrected chi connectivity index (χ2v) is 5.53. The molecule has 1 N–H and O–H groups in total. The van der Waals surface area contributed by atoms with E-state index in [1.165, 1.54) is 6.07 Å². The molecule has 0 aliphatic rings. The molecule has 0 aromatic heterocycles. The maximum absolute atomic E-state index is 12.9. The fraction of sp³-hybridized carbons (Fsp3) is 0.538. The van der Waals surface area contributed by atoms with E-state index in [-0.39, 0.29) is 5.82 Å². The van der Waals surface area contributed by atoms with Gasteiger partial charge in [0.1, 0.15) is 5.82 Å². The minimum atomic E-state index is -0.155. The minimum Gasteiger partial charge on any atom is -0.314 e. The Bertz CT molecular complexity index is 315. The summed E-state index contributed by atoms with van der Waals surface area (Å²) in [6, 6.07) is 7.31. The average molecular weight is 241 g/mol. The van der Waals surface area contributed by atoms with Crippen molar-refractivity contribution in [3.05, 3.63) is 30.1 Å². The molecular formula is C13H20FNS. The largest absolute Gasteiger partial charge is 0.314 e. The Labute approximate surface area is 102 Å². The summed E-state index contributed by atoms with van der Waals surface area (Å²) < 4.78 is 12.9. The molecule has 0 radical (unpaired) electrons. The van der Waals surface area contributed by atoms with Gasteiger partial charge >= 0.3 is 0 Å². The molecule has 1 aromatic rings. The van der Waals surface area contributed by atoms with Crippen LogP contribution in [0.5, 0.6) is 0 Å². The summed E-state index contributed by atoms with van der Waals surface area (Å²) in [7, 11) is 0. The summed E-state index contributed by atoms with van der Waals surface area (Å²) in [6.45, 7) is 7.51. The normalized spacial score (nSPS) is 13.1. The predicted molar refractivity (Wildman–Crippen MR) is 69.4 cm³/mol. The zero-order valence-electron chi connectivity index (χ0n) is 10.2. The van der Waals surface area contributed by atoms with Gasteiger partial charge < -0.3 is 5.32 Å². The van der Waals surface area contributed by atoms with Crippen LogP contribution >= 0.6 is 11.8 Å². The molecule has 90 valence electrons. The van der Waals surface area contributed by atoms with Crippen molar-refractivity contribution in [3.63, 3.8) is 0 Å². The maximum atomic E-state index is 12.9. The zero-order chi connectivity index (χ0) is 12.0. The van der Waals surface area contributed by atoms with Crippen LogP contribution in [0.25, 0.3) is 0 Å². The molecule has 0 heterocycles. The standard InChI is InChI=1S/C13H20FNS/c1-10(2)15-8-11(3)9-16-13-6-4-5-12(14)7-13/h4-7,10-11,15H,8-9H2,1-3H3. The Morgan fingerprint density at radius 3 is 2.69 bits per heavy atom. The molecule has 1 rings (SSSR count). The van der Waals surface area contributed by atoms with Crippen LogP contribution in [-0.2, 0) is 0 Å². The second kappa shape index (κ2) is 6.92. The van der Waals surface area contributed by atoms with Crippen molar-refractivity contribution < 1.29 is 4.39 Å². The Kier molecular flexibility index (Phi) is 5.85. The zero-order valence-corrected chi connectivity index (χ0v) is 11.0. The summed E-state index contributed by atoms with van der Waals surface area (Å²) in [5.41, 5.74) is 0. The van der Waals surface area contributed by atoms with E-state index < -0.39 is 0 Å². The highest BCUT2D eigenvalue weighted by Gasteiger charge is 2.04. The molecule has 0 bridgehead atoms. The van der Waals surface area contributed by atoms with Gasteiger partial charge in [-0.15, -0.1) is 11.8 Å². The number of nitrogens with one attached hydrogen (secondary N) is 1. The van der Waals surface area contributed by atoms with Crippen LogP contribution in [0.1, 0.15) is 20.8 Å². The highest BCUT2D eigenvalue weighted by molar-refractivity contribution is 7.99. The monoisotopic (exact) mass is 241 g/mol. The van der Waals surface area contributed by atoms with Crippen LogP contribution in [0.3, 0.4) is 0 Å².